The van der Waals surface area contributed by atoms with Crippen LogP contribution in [-0.2, 0) is 0 Å². The second-order valence-electron chi connectivity index (χ2n) is 4.06. The lowest BCUT2D eigenvalue weighted by Gasteiger charge is -2.15. The van der Waals surface area contributed by atoms with E-state index >= 15 is 0 Å². The molecule has 0 saturated carbocycles. The Hall–Kier alpha value is -1.10. The number of benzene rings is 1. The maximum Gasteiger partial charge on any atom is 0.129 e. The number of nitrogen functional groups attached to an aromatic ring is 1. The molecule has 5 heteroatoms. The minimum absolute atomic E-state index is 0.319. The number of aliphatic hydroxyl groups excluding tert-OH is 1. The third-order valence-electron chi connectivity index (χ3n) is 2.63. The molecule has 0 radical (unpaired) electrons. The lowest BCUT2D eigenvalue weighted by atomic mass is 10.0. The minimum Gasteiger partial charge on any atom is -0.383 e. The molecule has 1 aromatic carbocycles. The van der Waals surface area contributed by atoms with Crippen molar-refractivity contribution in [3.05, 3.63) is 56.6 Å². The maximum absolute atomic E-state index is 10.4. The average molecular weight is 328 g/mol. The van der Waals surface area contributed by atoms with Crippen molar-refractivity contribution in [1.29, 1.82) is 0 Å². The zero-order valence-electron chi connectivity index (χ0n) is 9.69. The van der Waals surface area contributed by atoms with Crippen molar-refractivity contribution < 1.29 is 5.11 Å². The summed E-state index contributed by atoms with van der Waals surface area (Å²) in [5, 5.41) is 11.0. The molecular weight excluding hydrogens is 316 g/mol. The van der Waals surface area contributed by atoms with E-state index in [1.165, 1.54) is 0 Å². The van der Waals surface area contributed by atoms with Crippen LogP contribution in [-0.4, -0.2) is 10.1 Å². The van der Waals surface area contributed by atoms with Gasteiger partial charge >= 0.3 is 0 Å². The number of anilines is 1. The fourth-order valence-electron chi connectivity index (χ4n) is 1.71. The molecule has 1 heterocycles. The van der Waals surface area contributed by atoms with Crippen LogP contribution in [0.15, 0.2) is 34.9 Å². The van der Waals surface area contributed by atoms with E-state index in [9.17, 15) is 5.11 Å². The monoisotopic (exact) mass is 326 g/mol. The van der Waals surface area contributed by atoms with Gasteiger partial charge in [0.1, 0.15) is 11.9 Å². The summed E-state index contributed by atoms with van der Waals surface area (Å²) in [6, 6.07) is 7.07. The van der Waals surface area contributed by atoms with E-state index in [1.54, 1.807) is 24.4 Å². The molecule has 2 rings (SSSR count). The molecule has 3 N–H and O–H groups in total. The van der Waals surface area contributed by atoms with Crippen LogP contribution < -0.4 is 5.73 Å². The highest BCUT2D eigenvalue weighted by atomic mass is 79.9. The van der Waals surface area contributed by atoms with E-state index in [2.05, 4.69) is 20.9 Å². The van der Waals surface area contributed by atoms with Gasteiger partial charge < -0.3 is 10.8 Å². The van der Waals surface area contributed by atoms with Gasteiger partial charge in [-0.3, -0.25) is 0 Å². The molecule has 2 aromatic rings. The van der Waals surface area contributed by atoms with Gasteiger partial charge in [-0.1, -0.05) is 27.5 Å². The predicted octanol–water partition coefficient (Wildman–Crippen LogP) is 3.47. The van der Waals surface area contributed by atoms with Crippen molar-refractivity contribution in [2.75, 3.05) is 5.73 Å². The van der Waals surface area contributed by atoms with Crippen LogP contribution >= 0.6 is 27.5 Å². The predicted molar refractivity (Wildman–Crippen MR) is 76.6 cm³/mol. The molecule has 18 heavy (non-hydrogen) atoms. The van der Waals surface area contributed by atoms with Crippen molar-refractivity contribution in [1.82, 2.24) is 4.98 Å². The largest absolute Gasteiger partial charge is 0.383 e. The van der Waals surface area contributed by atoms with Crippen molar-refractivity contribution in [3.8, 4) is 0 Å². The first-order valence-corrected chi connectivity index (χ1v) is 6.51. The smallest absolute Gasteiger partial charge is 0.129 e. The van der Waals surface area contributed by atoms with Crippen molar-refractivity contribution in [2.24, 2.45) is 0 Å². The fraction of sp³-hybridized carbons (Fsp3) is 0.154. The van der Waals surface area contributed by atoms with Crippen LogP contribution in [0.5, 0.6) is 0 Å². The number of aromatic nitrogens is 1. The molecule has 94 valence electrons. The Morgan fingerprint density at radius 2 is 2.06 bits per heavy atom. The first-order chi connectivity index (χ1) is 8.49. The van der Waals surface area contributed by atoms with Crippen molar-refractivity contribution in [2.45, 2.75) is 13.0 Å². The second kappa shape index (κ2) is 5.26. The van der Waals surface area contributed by atoms with Gasteiger partial charge in [-0.25, -0.2) is 4.98 Å². The van der Waals surface area contributed by atoms with Crippen molar-refractivity contribution in [3.63, 3.8) is 0 Å². The molecule has 0 aliphatic rings. The zero-order chi connectivity index (χ0) is 13.3. The summed E-state index contributed by atoms with van der Waals surface area (Å²) in [5.74, 6) is 0.319. The number of hydrogen-bond acceptors (Lipinski definition) is 3. The summed E-state index contributed by atoms with van der Waals surface area (Å²) < 4.78 is 0.778. The third-order valence-corrected chi connectivity index (χ3v) is 3.59. The van der Waals surface area contributed by atoms with Gasteiger partial charge in [-0.2, -0.15) is 0 Å². The molecule has 0 spiro atoms. The minimum atomic E-state index is -0.856. The lowest BCUT2D eigenvalue weighted by Crippen LogP contribution is -2.06. The molecule has 3 nitrogen and oxygen atoms in total. The molecule has 1 unspecified atom stereocenters. The van der Waals surface area contributed by atoms with Crippen LogP contribution in [0.2, 0.25) is 5.02 Å². The van der Waals surface area contributed by atoms with Crippen LogP contribution in [0.1, 0.15) is 22.8 Å². The number of halogens is 2. The molecule has 0 aliphatic carbocycles. The van der Waals surface area contributed by atoms with Gasteiger partial charge in [-0.15, -0.1) is 0 Å². The van der Waals surface area contributed by atoms with Gasteiger partial charge in [0.25, 0.3) is 0 Å². The van der Waals surface area contributed by atoms with E-state index in [1.807, 2.05) is 13.0 Å². The molecular formula is C13H12BrClN2O. The fourth-order valence-corrected chi connectivity index (χ4v) is 2.36. The maximum atomic E-state index is 10.4. The molecule has 0 bridgehead atoms. The van der Waals surface area contributed by atoms with Crippen LogP contribution in [0.3, 0.4) is 0 Å². The molecule has 0 amide bonds. The Morgan fingerprint density at radius 1 is 1.33 bits per heavy atom. The molecule has 1 atom stereocenters. The quantitative estimate of drug-likeness (QED) is 0.888. The molecule has 1 aromatic heterocycles. The zero-order valence-corrected chi connectivity index (χ0v) is 12.0. The Kier molecular flexibility index (Phi) is 3.90. The Bertz CT molecular complexity index is 538. The average Bonchev–Trinajstić information content (AvgIpc) is 2.34. The van der Waals surface area contributed by atoms with Crippen molar-refractivity contribution >= 4 is 33.3 Å². The summed E-state index contributed by atoms with van der Waals surface area (Å²) in [4.78, 5) is 4.05. The van der Waals surface area contributed by atoms with E-state index in [0.717, 1.165) is 10.0 Å². The van der Waals surface area contributed by atoms with Gasteiger partial charge in [0.2, 0.25) is 0 Å². The Balaban J connectivity index is 2.50. The summed E-state index contributed by atoms with van der Waals surface area (Å²) in [6.45, 7) is 1.90. The van der Waals surface area contributed by atoms with Crippen LogP contribution in [0.4, 0.5) is 5.82 Å². The third kappa shape index (κ3) is 2.66. The summed E-state index contributed by atoms with van der Waals surface area (Å²) in [5.41, 5.74) is 7.99. The number of nitrogens with zero attached hydrogens (tertiary/aromatic N) is 1. The van der Waals surface area contributed by atoms with Gasteiger partial charge in [0.05, 0.1) is 0 Å². The van der Waals surface area contributed by atoms with E-state index in [4.69, 9.17) is 17.3 Å². The summed E-state index contributed by atoms with van der Waals surface area (Å²) in [6.07, 6.45) is 0.809. The van der Waals surface area contributed by atoms with E-state index in [-0.39, 0.29) is 0 Å². The SMILES string of the molecule is Cc1cnc(N)c(C(O)c2cc(Cl)ccc2Br)c1. The topological polar surface area (TPSA) is 59.1 Å². The normalized spacial score (nSPS) is 12.4. The van der Waals surface area contributed by atoms with E-state index in [0.29, 0.717) is 22.0 Å². The van der Waals surface area contributed by atoms with Gasteiger partial charge in [-0.05, 0) is 36.8 Å². The molecule has 0 aliphatic heterocycles. The number of hydrogen-bond donors (Lipinski definition) is 2. The second-order valence-corrected chi connectivity index (χ2v) is 5.35. The summed E-state index contributed by atoms with van der Waals surface area (Å²) >= 11 is 9.33. The number of rotatable bonds is 2. The Morgan fingerprint density at radius 3 is 2.78 bits per heavy atom. The van der Waals surface area contributed by atoms with E-state index < -0.39 is 6.10 Å². The number of aryl methyl sites for hydroxylation is 1. The first-order valence-electron chi connectivity index (χ1n) is 5.34. The highest BCUT2D eigenvalue weighted by Gasteiger charge is 2.17. The van der Waals surface area contributed by atoms with Gasteiger partial charge in [0, 0.05) is 26.8 Å². The molecule has 0 fully saturated rings. The standard InChI is InChI=1S/C13H12BrClN2O/c1-7-4-10(13(16)17-6-7)12(18)9-5-8(15)2-3-11(9)14/h2-6,12,18H,1H3,(H2,16,17). The highest BCUT2D eigenvalue weighted by molar-refractivity contribution is 9.10. The highest BCUT2D eigenvalue weighted by Crippen LogP contribution is 2.32. The number of aliphatic hydroxyl groups is 1. The first kappa shape index (κ1) is 13.3. The molecule has 0 saturated heterocycles. The van der Waals surface area contributed by atoms with Gasteiger partial charge in [0.15, 0.2) is 0 Å². The lowest BCUT2D eigenvalue weighted by molar-refractivity contribution is 0.220. The Labute approximate surface area is 119 Å². The van der Waals surface area contributed by atoms with Crippen LogP contribution in [0, 0.1) is 6.92 Å². The summed E-state index contributed by atoms with van der Waals surface area (Å²) in [7, 11) is 0. The number of nitrogens with two attached hydrogens (primary N) is 1. The number of pyridine rings is 1. The van der Waals surface area contributed by atoms with Crippen LogP contribution in [0.25, 0.3) is 0 Å².